The van der Waals surface area contributed by atoms with Gasteiger partial charge in [-0.1, -0.05) is 6.42 Å². The van der Waals surface area contributed by atoms with Crippen LogP contribution in [0.4, 0.5) is 0 Å². The van der Waals surface area contributed by atoms with Gasteiger partial charge in [0.2, 0.25) is 0 Å². The molecule has 1 aliphatic rings. The van der Waals surface area contributed by atoms with Crippen molar-refractivity contribution in [1.82, 2.24) is 15.5 Å². The Kier molecular flexibility index (Phi) is 2.93. The average Bonchev–Trinajstić information content (AvgIpc) is 2.67. The number of aldehydes is 1. The van der Waals surface area contributed by atoms with Crippen molar-refractivity contribution in [2.45, 2.75) is 31.7 Å². The van der Waals surface area contributed by atoms with Crippen molar-refractivity contribution in [1.29, 1.82) is 0 Å². The van der Waals surface area contributed by atoms with Gasteiger partial charge in [-0.15, -0.1) is 0 Å². The Morgan fingerprint density at radius 2 is 2.50 bits per heavy atom. The van der Waals surface area contributed by atoms with E-state index in [0.29, 0.717) is 11.7 Å². The number of aromatic amines is 1. The summed E-state index contributed by atoms with van der Waals surface area (Å²) < 4.78 is 0. The summed E-state index contributed by atoms with van der Waals surface area (Å²) in [5.74, 6) is 0. The van der Waals surface area contributed by atoms with Crippen LogP contribution in [-0.2, 0) is 6.42 Å². The van der Waals surface area contributed by atoms with E-state index in [4.69, 9.17) is 0 Å². The van der Waals surface area contributed by atoms with Crippen molar-refractivity contribution in [2.75, 3.05) is 6.54 Å². The van der Waals surface area contributed by atoms with Crippen molar-refractivity contribution < 1.29 is 4.79 Å². The highest BCUT2D eigenvalue weighted by Crippen LogP contribution is 2.11. The number of carbonyl (C=O) groups excluding carboxylic acids is 1. The zero-order valence-electron chi connectivity index (χ0n) is 8.12. The molecule has 1 aliphatic heterocycles. The molecular formula is C10H15N3O. The molecule has 2 N–H and O–H groups in total. The summed E-state index contributed by atoms with van der Waals surface area (Å²) in [6.07, 6.45) is 5.51. The van der Waals surface area contributed by atoms with Crippen molar-refractivity contribution in [3.05, 3.63) is 17.5 Å². The Morgan fingerprint density at radius 1 is 1.57 bits per heavy atom. The van der Waals surface area contributed by atoms with Crippen LogP contribution in [-0.4, -0.2) is 29.1 Å². The van der Waals surface area contributed by atoms with E-state index in [-0.39, 0.29) is 0 Å². The molecule has 0 radical (unpaired) electrons. The van der Waals surface area contributed by atoms with Crippen LogP contribution in [0.25, 0.3) is 0 Å². The van der Waals surface area contributed by atoms with E-state index in [1.165, 1.54) is 19.3 Å². The molecule has 4 heteroatoms. The SMILES string of the molecule is O=Cc1cc(CC2CCCCN2)[nH]n1. The lowest BCUT2D eigenvalue weighted by atomic mass is 10.0. The lowest BCUT2D eigenvalue weighted by Crippen LogP contribution is -2.35. The fraction of sp³-hybridized carbons (Fsp3) is 0.600. The minimum atomic E-state index is 0.496. The van der Waals surface area contributed by atoms with Crippen LogP contribution < -0.4 is 5.32 Å². The van der Waals surface area contributed by atoms with Crippen LogP contribution in [0, 0.1) is 0 Å². The zero-order valence-corrected chi connectivity index (χ0v) is 8.12. The minimum absolute atomic E-state index is 0.496. The number of nitrogens with zero attached hydrogens (tertiary/aromatic N) is 1. The number of carbonyl (C=O) groups is 1. The van der Waals surface area contributed by atoms with E-state index >= 15 is 0 Å². The van der Waals surface area contributed by atoms with Gasteiger partial charge in [0.15, 0.2) is 6.29 Å². The molecule has 1 unspecified atom stereocenters. The van der Waals surface area contributed by atoms with E-state index in [9.17, 15) is 4.79 Å². The van der Waals surface area contributed by atoms with Crippen LogP contribution in [0.3, 0.4) is 0 Å². The third-order valence-electron chi connectivity index (χ3n) is 2.65. The molecule has 1 aromatic heterocycles. The summed E-state index contributed by atoms with van der Waals surface area (Å²) in [5.41, 5.74) is 1.54. The topological polar surface area (TPSA) is 57.8 Å². The summed E-state index contributed by atoms with van der Waals surface area (Å²) >= 11 is 0. The molecule has 0 saturated carbocycles. The largest absolute Gasteiger partial charge is 0.314 e. The molecule has 0 spiro atoms. The van der Waals surface area contributed by atoms with Gasteiger partial charge in [0.05, 0.1) is 0 Å². The lowest BCUT2D eigenvalue weighted by molar-refractivity contribution is 0.111. The third-order valence-corrected chi connectivity index (χ3v) is 2.65. The molecule has 1 atom stereocenters. The molecule has 14 heavy (non-hydrogen) atoms. The van der Waals surface area contributed by atoms with Gasteiger partial charge in [0.25, 0.3) is 0 Å². The second-order valence-corrected chi connectivity index (χ2v) is 3.79. The van der Waals surface area contributed by atoms with Gasteiger partial charge >= 0.3 is 0 Å². The maximum absolute atomic E-state index is 10.4. The number of aromatic nitrogens is 2. The highest BCUT2D eigenvalue weighted by molar-refractivity contribution is 5.71. The number of nitrogens with one attached hydrogen (secondary N) is 2. The highest BCUT2D eigenvalue weighted by atomic mass is 16.1. The standard InChI is InChI=1S/C10H15N3O/c14-7-10-6-9(12-13-10)5-8-3-1-2-4-11-8/h6-8,11H,1-5H2,(H,12,13). The van der Waals surface area contributed by atoms with E-state index in [0.717, 1.165) is 24.9 Å². The Labute approximate surface area is 83.1 Å². The van der Waals surface area contributed by atoms with Crippen LogP contribution in [0.2, 0.25) is 0 Å². The number of H-pyrrole nitrogens is 1. The second kappa shape index (κ2) is 4.37. The van der Waals surface area contributed by atoms with Crippen LogP contribution >= 0.6 is 0 Å². The second-order valence-electron chi connectivity index (χ2n) is 3.79. The molecule has 0 aromatic carbocycles. The number of hydrogen-bond donors (Lipinski definition) is 2. The summed E-state index contributed by atoms with van der Waals surface area (Å²) in [6.45, 7) is 1.11. The molecule has 0 amide bonds. The van der Waals surface area contributed by atoms with E-state index < -0.39 is 0 Å². The van der Waals surface area contributed by atoms with E-state index in [1.807, 2.05) is 6.07 Å². The molecule has 0 bridgehead atoms. The molecular weight excluding hydrogens is 178 g/mol. The normalized spacial score (nSPS) is 22.1. The van der Waals surface area contributed by atoms with Crippen LogP contribution in [0.5, 0.6) is 0 Å². The van der Waals surface area contributed by atoms with E-state index in [1.54, 1.807) is 0 Å². The predicted octanol–water partition coefficient (Wildman–Crippen LogP) is 0.907. The van der Waals surface area contributed by atoms with Gasteiger partial charge in [-0.05, 0) is 25.5 Å². The average molecular weight is 193 g/mol. The number of rotatable bonds is 3. The van der Waals surface area contributed by atoms with Gasteiger partial charge in [0.1, 0.15) is 5.69 Å². The first-order valence-electron chi connectivity index (χ1n) is 5.11. The Balaban J connectivity index is 1.92. The monoisotopic (exact) mass is 193 g/mol. The van der Waals surface area contributed by atoms with Crippen LogP contribution in [0.1, 0.15) is 35.4 Å². The Bertz CT molecular complexity index is 302. The van der Waals surface area contributed by atoms with E-state index in [2.05, 4.69) is 15.5 Å². The fourth-order valence-corrected chi connectivity index (χ4v) is 1.91. The minimum Gasteiger partial charge on any atom is -0.314 e. The first-order valence-corrected chi connectivity index (χ1v) is 5.11. The number of hydrogen-bond acceptors (Lipinski definition) is 3. The van der Waals surface area contributed by atoms with Gasteiger partial charge in [-0.3, -0.25) is 9.89 Å². The van der Waals surface area contributed by atoms with Crippen molar-refractivity contribution in [3.8, 4) is 0 Å². The van der Waals surface area contributed by atoms with Gasteiger partial charge in [-0.2, -0.15) is 5.10 Å². The molecule has 0 aliphatic carbocycles. The third kappa shape index (κ3) is 2.20. The summed E-state index contributed by atoms with van der Waals surface area (Å²) in [4.78, 5) is 10.4. The molecule has 1 fully saturated rings. The molecule has 4 nitrogen and oxygen atoms in total. The lowest BCUT2D eigenvalue weighted by Gasteiger charge is -2.22. The zero-order chi connectivity index (χ0) is 9.80. The molecule has 1 aromatic rings. The maximum Gasteiger partial charge on any atom is 0.170 e. The predicted molar refractivity (Wildman–Crippen MR) is 53.3 cm³/mol. The van der Waals surface area contributed by atoms with Crippen molar-refractivity contribution >= 4 is 6.29 Å². The highest BCUT2D eigenvalue weighted by Gasteiger charge is 2.13. The molecule has 2 heterocycles. The summed E-state index contributed by atoms with van der Waals surface area (Å²) in [7, 11) is 0. The van der Waals surface area contributed by atoms with Crippen molar-refractivity contribution in [3.63, 3.8) is 0 Å². The Morgan fingerprint density at radius 3 is 3.14 bits per heavy atom. The molecule has 76 valence electrons. The smallest absolute Gasteiger partial charge is 0.170 e. The maximum atomic E-state index is 10.4. The first-order chi connectivity index (χ1) is 6.88. The first kappa shape index (κ1) is 9.40. The summed E-state index contributed by atoms with van der Waals surface area (Å²) in [6, 6.07) is 2.37. The number of piperidine rings is 1. The van der Waals surface area contributed by atoms with Crippen LogP contribution in [0.15, 0.2) is 6.07 Å². The van der Waals surface area contributed by atoms with Crippen molar-refractivity contribution in [2.24, 2.45) is 0 Å². The van der Waals surface area contributed by atoms with Gasteiger partial charge in [0, 0.05) is 18.2 Å². The molecule has 2 rings (SSSR count). The quantitative estimate of drug-likeness (QED) is 0.701. The molecule has 1 saturated heterocycles. The Hall–Kier alpha value is -1.16. The van der Waals surface area contributed by atoms with Gasteiger partial charge in [-0.25, -0.2) is 0 Å². The summed E-state index contributed by atoms with van der Waals surface area (Å²) in [5, 5.41) is 10.2. The van der Waals surface area contributed by atoms with Gasteiger partial charge < -0.3 is 5.32 Å². The fourth-order valence-electron chi connectivity index (χ4n) is 1.91.